The number of amides is 3. The molecule has 5 rings (SSSR count). The second-order valence-corrected chi connectivity index (χ2v) is 11.2. The maximum Gasteiger partial charge on any atom is 0.321 e. The number of urea groups is 1. The molecule has 3 fully saturated rings. The van der Waals surface area contributed by atoms with E-state index in [0.717, 1.165) is 57.4 Å². The van der Waals surface area contributed by atoms with E-state index in [2.05, 4.69) is 55.3 Å². The zero-order valence-corrected chi connectivity index (χ0v) is 22.3. The zero-order chi connectivity index (χ0) is 25.8. The molecule has 1 aromatic carbocycles. The van der Waals surface area contributed by atoms with Crippen LogP contribution in [0, 0.1) is 0 Å². The highest BCUT2D eigenvalue weighted by atomic mass is 16.2. The van der Waals surface area contributed by atoms with Gasteiger partial charge in [0.2, 0.25) is 0 Å². The lowest BCUT2D eigenvalue weighted by Gasteiger charge is -2.39. The summed E-state index contributed by atoms with van der Waals surface area (Å²) in [4.78, 5) is 37.2. The van der Waals surface area contributed by atoms with Crippen LogP contribution in [0.2, 0.25) is 0 Å². The average molecular weight is 504 g/mol. The van der Waals surface area contributed by atoms with Crippen molar-refractivity contribution in [3.63, 3.8) is 0 Å². The number of likely N-dealkylation sites (tertiary alicyclic amines) is 1. The van der Waals surface area contributed by atoms with Gasteiger partial charge >= 0.3 is 6.03 Å². The fourth-order valence-electron chi connectivity index (χ4n) is 6.29. The van der Waals surface area contributed by atoms with E-state index in [-0.39, 0.29) is 30.1 Å². The number of rotatable bonds is 7. The first kappa shape index (κ1) is 25.7. The minimum atomic E-state index is -0.132. The summed E-state index contributed by atoms with van der Waals surface area (Å²) < 4.78 is 0. The summed E-state index contributed by atoms with van der Waals surface area (Å²) in [5.41, 5.74) is 2.82. The van der Waals surface area contributed by atoms with Gasteiger partial charge in [-0.05, 0) is 56.7 Å². The van der Waals surface area contributed by atoms with E-state index in [4.69, 9.17) is 0 Å². The quantitative estimate of drug-likeness (QED) is 0.578. The van der Waals surface area contributed by atoms with Crippen molar-refractivity contribution in [1.82, 2.24) is 25.0 Å². The fourth-order valence-corrected chi connectivity index (χ4v) is 6.29. The van der Waals surface area contributed by atoms with Gasteiger partial charge in [0.1, 0.15) is 5.69 Å². The van der Waals surface area contributed by atoms with Gasteiger partial charge in [0.15, 0.2) is 0 Å². The number of aromatic nitrogens is 1. The Labute approximate surface area is 221 Å². The molecule has 0 bridgehead atoms. The number of carbonyl (C=O) groups excluding carboxylic acids is 2. The van der Waals surface area contributed by atoms with E-state index in [1.54, 1.807) is 0 Å². The summed E-state index contributed by atoms with van der Waals surface area (Å²) in [7, 11) is 0. The molecule has 3 amide bonds. The average Bonchev–Trinajstić information content (AvgIpc) is 3.27. The largest absolute Gasteiger partial charge is 0.349 e. The van der Waals surface area contributed by atoms with Crippen molar-refractivity contribution < 1.29 is 9.59 Å². The van der Waals surface area contributed by atoms with Crippen molar-refractivity contribution in [1.29, 1.82) is 0 Å². The number of benzene rings is 1. The van der Waals surface area contributed by atoms with Crippen molar-refractivity contribution in [2.45, 2.75) is 89.5 Å². The van der Waals surface area contributed by atoms with Gasteiger partial charge in [-0.2, -0.15) is 0 Å². The van der Waals surface area contributed by atoms with E-state index in [1.165, 1.54) is 24.8 Å². The van der Waals surface area contributed by atoms with E-state index in [1.807, 2.05) is 32.2 Å². The van der Waals surface area contributed by atoms with Crippen LogP contribution in [0.5, 0.6) is 0 Å². The highest BCUT2D eigenvalue weighted by molar-refractivity contribution is 5.92. The summed E-state index contributed by atoms with van der Waals surface area (Å²) in [6.07, 6.45) is 9.84. The number of hydrogen-bond donors (Lipinski definition) is 1. The maximum atomic E-state index is 13.8. The third-order valence-electron chi connectivity index (χ3n) is 8.21. The molecule has 198 valence electrons. The SMILES string of the molecule is CC(C)NC(=O)c1ccc(CN2CCC(N3C(=O)N(C4CCCCC4)C[C@H]3c3ccccc3)CC2)cn1. The Kier molecular flexibility index (Phi) is 8.08. The number of carbonyl (C=O) groups is 2. The number of nitrogens with one attached hydrogen (secondary N) is 1. The van der Waals surface area contributed by atoms with Crippen LogP contribution in [-0.2, 0) is 6.54 Å². The molecule has 0 radical (unpaired) electrons. The van der Waals surface area contributed by atoms with Gasteiger partial charge < -0.3 is 15.1 Å². The lowest BCUT2D eigenvalue weighted by molar-refractivity contribution is 0.0937. The summed E-state index contributed by atoms with van der Waals surface area (Å²) in [5.74, 6) is -0.132. The van der Waals surface area contributed by atoms with Crippen molar-refractivity contribution >= 4 is 11.9 Å². The molecule has 0 spiro atoms. The highest BCUT2D eigenvalue weighted by Gasteiger charge is 2.45. The lowest BCUT2D eigenvalue weighted by Crippen LogP contribution is -2.48. The molecule has 37 heavy (non-hydrogen) atoms. The molecule has 1 N–H and O–H groups in total. The predicted molar refractivity (Wildman–Crippen MR) is 145 cm³/mol. The standard InChI is InChI=1S/C30H41N5O2/c1-22(2)32-29(36)27-14-13-23(19-31-27)20-33-17-15-26(16-18-33)35-28(24-9-5-3-6-10-24)21-34(30(35)37)25-11-7-4-8-12-25/h3,5-6,9-10,13-14,19,22,25-26,28H,4,7-8,11-12,15-18,20-21H2,1-2H3,(H,32,36)/t28-/m0/s1. The second-order valence-electron chi connectivity index (χ2n) is 11.2. The van der Waals surface area contributed by atoms with Crippen LogP contribution < -0.4 is 5.32 Å². The summed E-state index contributed by atoms with van der Waals surface area (Å²) in [6, 6.07) is 15.6. The van der Waals surface area contributed by atoms with E-state index in [0.29, 0.717) is 11.7 Å². The molecule has 3 heterocycles. The third kappa shape index (κ3) is 5.98. The first-order valence-corrected chi connectivity index (χ1v) is 14.1. The first-order valence-electron chi connectivity index (χ1n) is 14.1. The molecule has 1 atom stereocenters. The van der Waals surface area contributed by atoms with Gasteiger partial charge in [0.25, 0.3) is 5.91 Å². The number of pyridine rings is 1. The molecule has 1 aromatic heterocycles. The minimum absolute atomic E-state index is 0.0917. The molecule has 2 aromatic rings. The molecule has 7 nitrogen and oxygen atoms in total. The van der Waals surface area contributed by atoms with Gasteiger partial charge in [-0.25, -0.2) is 4.79 Å². The molecule has 7 heteroatoms. The Morgan fingerprint density at radius 2 is 1.70 bits per heavy atom. The lowest BCUT2D eigenvalue weighted by atomic mass is 9.94. The van der Waals surface area contributed by atoms with Gasteiger partial charge in [-0.1, -0.05) is 55.7 Å². The molecule has 3 aliphatic rings. The Hall–Kier alpha value is -2.93. The summed E-state index contributed by atoms with van der Waals surface area (Å²) in [5, 5.41) is 2.89. The van der Waals surface area contributed by atoms with Crippen LogP contribution in [-0.4, -0.2) is 69.4 Å². The first-order chi connectivity index (χ1) is 18.0. The van der Waals surface area contributed by atoms with Gasteiger partial charge in [0.05, 0.1) is 6.04 Å². The zero-order valence-electron chi connectivity index (χ0n) is 22.3. The van der Waals surface area contributed by atoms with E-state index in [9.17, 15) is 9.59 Å². The van der Waals surface area contributed by atoms with Crippen LogP contribution in [0.4, 0.5) is 4.79 Å². The number of nitrogens with zero attached hydrogens (tertiary/aromatic N) is 4. The van der Waals surface area contributed by atoms with Crippen LogP contribution in [0.25, 0.3) is 0 Å². The maximum absolute atomic E-state index is 13.8. The molecule has 1 aliphatic carbocycles. The van der Waals surface area contributed by atoms with Crippen molar-refractivity contribution in [2.75, 3.05) is 19.6 Å². The molecular weight excluding hydrogens is 462 g/mol. The van der Waals surface area contributed by atoms with Crippen molar-refractivity contribution in [3.8, 4) is 0 Å². The Balaban J connectivity index is 1.22. The van der Waals surface area contributed by atoms with E-state index >= 15 is 0 Å². The van der Waals surface area contributed by atoms with Crippen LogP contribution in [0.3, 0.4) is 0 Å². The molecule has 1 saturated carbocycles. The normalized spacial score (nSPS) is 22.1. The Bertz CT molecular complexity index is 1040. The fraction of sp³-hybridized carbons (Fsp3) is 0.567. The molecular formula is C30H41N5O2. The summed E-state index contributed by atoms with van der Waals surface area (Å²) >= 11 is 0. The van der Waals surface area contributed by atoms with Crippen LogP contribution in [0.1, 0.15) is 86.5 Å². The van der Waals surface area contributed by atoms with Gasteiger partial charge in [-0.3, -0.25) is 14.7 Å². The molecule has 2 saturated heterocycles. The van der Waals surface area contributed by atoms with E-state index < -0.39 is 0 Å². The van der Waals surface area contributed by atoms with Crippen molar-refractivity contribution in [2.24, 2.45) is 0 Å². The Morgan fingerprint density at radius 1 is 0.973 bits per heavy atom. The Morgan fingerprint density at radius 3 is 2.35 bits per heavy atom. The van der Waals surface area contributed by atoms with Crippen LogP contribution >= 0.6 is 0 Å². The van der Waals surface area contributed by atoms with Gasteiger partial charge in [-0.15, -0.1) is 0 Å². The monoisotopic (exact) mass is 503 g/mol. The van der Waals surface area contributed by atoms with Crippen molar-refractivity contribution in [3.05, 3.63) is 65.5 Å². The topological polar surface area (TPSA) is 68.8 Å². The molecule has 0 unspecified atom stereocenters. The highest BCUT2D eigenvalue weighted by Crippen LogP contribution is 2.38. The number of piperidine rings is 1. The smallest absolute Gasteiger partial charge is 0.321 e. The second kappa shape index (κ2) is 11.6. The predicted octanol–water partition coefficient (Wildman–Crippen LogP) is 5.00. The summed E-state index contributed by atoms with van der Waals surface area (Å²) in [6.45, 7) is 7.43. The molecule has 2 aliphatic heterocycles. The minimum Gasteiger partial charge on any atom is -0.349 e. The third-order valence-corrected chi connectivity index (χ3v) is 8.21. The van der Waals surface area contributed by atoms with Gasteiger partial charge in [0, 0.05) is 50.5 Å². The number of hydrogen-bond acceptors (Lipinski definition) is 4. The van der Waals surface area contributed by atoms with Crippen LogP contribution in [0.15, 0.2) is 48.7 Å².